The number of rotatable bonds is 4. The van der Waals surface area contributed by atoms with Crippen LogP contribution in [0.5, 0.6) is 17.2 Å². The van der Waals surface area contributed by atoms with Gasteiger partial charge in [-0.1, -0.05) is 17.7 Å². The van der Waals surface area contributed by atoms with E-state index < -0.39 is 11.9 Å². The second-order valence-corrected chi connectivity index (χ2v) is 4.63. The fourth-order valence-electron chi connectivity index (χ4n) is 1.87. The SMILES string of the molecule is COc1cccc(Oc2ccc(F)c(Cl)c2)c1C(C)O. The molecule has 0 radical (unpaired) electrons. The highest BCUT2D eigenvalue weighted by atomic mass is 35.5. The van der Waals surface area contributed by atoms with Crippen molar-refractivity contribution >= 4 is 11.6 Å². The van der Waals surface area contributed by atoms with Gasteiger partial charge < -0.3 is 14.6 Å². The highest BCUT2D eigenvalue weighted by molar-refractivity contribution is 6.30. The van der Waals surface area contributed by atoms with Crippen molar-refractivity contribution in [2.75, 3.05) is 7.11 Å². The van der Waals surface area contributed by atoms with Crippen molar-refractivity contribution in [2.45, 2.75) is 13.0 Å². The van der Waals surface area contributed by atoms with Crippen LogP contribution in [-0.4, -0.2) is 12.2 Å². The molecule has 1 N–H and O–H groups in total. The maximum Gasteiger partial charge on any atom is 0.142 e. The minimum atomic E-state index is -0.767. The van der Waals surface area contributed by atoms with Crippen molar-refractivity contribution in [3.8, 4) is 17.2 Å². The molecule has 2 rings (SSSR count). The van der Waals surface area contributed by atoms with Crippen molar-refractivity contribution in [1.82, 2.24) is 0 Å². The molecule has 0 aliphatic carbocycles. The van der Waals surface area contributed by atoms with Crippen LogP contribution in [-0.2, 0) is 0 Å². The van der Waals surface area contributed by atoms with E-state index in [1.807, 2.05) is 0 Å². The number of ether oxygens (including phenoxy) is 2. The van der Waals surface area contributed by atoms with Crippen LogP contribution in [0.3, 0.4) is 0 Å². The Balaban J connectivity index is 2.40. The molecule has 0 aromatic heterocycles. The van der Waals surface area contributed by atoms with E-state index in [4.69, 9.17) is 21.1 Å². The van der Waals surface area contributed by atoms with Gasteiger partial charge in [-0.3, -0.25) is 0 Å². The van der Waals surface area contributed by atoms with E-state index in [0.29, 0.717) is 22.8 Å². The van der Waals surface area contributed by atoms with Gasteiger partial charge in [-0.05, 0) is 31.2 Å². The summed E-state index contributed by atoms with van der Waals surface area (Å²) in [5, 5.41) is 9.82. The molecule has 106 valence electrons. The molecule has 1 atom stereocenters. The summed E-state index contributed by atoms with van der Waals surface area (Å²) in [7, 11) is 1.51. The standard InChI is InChI=1S/C15H14ClFO3/c1-9(18)15-13(19-2)4-3-5-14(15)20-10-6-7-12(17)11(16)8-10/h3-9,18H,1-2H3. The first kappa shape index (κ1) is 14.6. The van der Waals surface area contributed by atoms with Crippen LogP contribution in [0.25, 0.3) is 0 Å². The first-order valence-corrected chi connectivity index (χ1v) is 6.38. The van der Waals surface area contributed by atoms with E-state index in [-0.39, 0.29) is 5.02 Å². The molecule has 5 heteroatoms. The second-order valence-electron chi connectivity index (χ2n) is 4.23. The molecule has 0 aliphatic heterocycles. The lowest BCUT2D eigenvalue weighted by atomic mass is 10.1. The molecule has 0 amide bonds. The monoisotopic (exact) mass is 296 g/mol. The van der Waals surface area contributed by atoms with Gasteiger partial charge in [0.1, 0.15) is 23.1 Å². The predicted octanol–water partition coefficient (Wildman–Crippen LogP) is 4.33. The quantitative estimate of drug-likeness (QED) is 0.912. The van der Waals surface area contributed by atoms with E-state index in [9.17, 15) is 9.50 Å². The first-order valence-electron chi connectivity index (χ1n) is 6.00. The van der Waals surface area contributed by atoms with Gasteiger partial charge in [0, 0.05) is 6.07 Å². The highest BCUT2D eigenvalue weighted by Crippen LogP contribution is 2.37. The zero-order valence-corrected chi connectivity index (χ0v) is 11.8. The molecule has 0 aliphatic rings. The Morgan fingerprint density at radius 1 is 1.20 bits per heavy atom. The van der Waals surface area contributed by atoms with Crippen molar-refractivity contribution < 1.29 is 19.0 Å². The third-order valence-electron chi connectivity index (χ3n) is 2.78. The highest BCUT2D eigenvalue weighted by Gasteiger charge is 2.16. The molecule has 0 bridgehead atoms. The maximum absolute atomic E-state index is 13.1. The molecule has 20 heavy (non-hydrogen) atoms. The minimum Gasteiger partial charge on any atom is -0.496 e. The van der Waals surface area contributed by atoms with Gasteiger partial charge in [0.25, 0.3) is 0 Å². The zero-order valence-electron chi connectivity index (χ0n) is 11.1. The average Bonchev–Trinajstić information content (AvgIpc) is 2.42. The third-order valence-corrected chi connectivity index (χ3v) is 3.07. The smallest absolute Gasteiger partial charge is 0.142 e. The summed E-state index contributed by atoms with van der Waals surface area (Å²) in [6.45, 7) is 1.61. The summed E-state index contributed by atoms with van der Waals surface area (Å²) in [5.41, 5.74) is 0.524. The molecule has 0 saturated heterocycles. The van der Waals surface area contributed by atoms with Crippen molar-refractivity contribution in [2.24, 2.45) is 0 Å². The lowest BCUT2D eigenvalue weighted by molar-refractivity contribution is 0.190. The first-order chi connectivity index (χ1) is 9.52. The molecule has 2 aromatic carbocycles. The summed E-state index contributed by atoms with van der Waals surface area (Å²) < 4.78 is 24.0. The van der Waals surface area contributed by atoms with Crippen LogP contribution in [0.4, 0.5) is 4.39 Å². The summed E-state index contributed by atoms with van der Waals surface area (Å²) in [6, 6.07) is 9.23. The van der Waals surface area contributed by atoms with E-state index >= 15 is 0 Å². The normalized spacial score (nSPS) is 12.1. The lowest BCUT2D eigenvalue weighted by Crippen LogP contribution is -2.00. The van der Waals surface area contributed by atoms with Gasteiger partial charge in [-0.2, -0.15) is 0 Å². The molecule has 3 nitrogen and oxygen atoms in total. The van der Waals surface area contributed by atoms with Crippen molar-refractivity contribution in [3.05, 3.63) is 52.8 Å². The number of hydrogen-bond donors (Lipinski definition) is 1. The average molecular weight is 297 g/mol. The zero-order chi connectivity index (χ0) is 14.7. The molecular formula is C15H14ClFO3. The van der Waals surface area contributed by atoms with Crippen LogP contribution in [0.15, 0.2) is 36.4 Å². The summed E-state index contributed by atoms with van der Waals surface area (Å²) in [4.78, 5) is 0. The van der Waals surface area contributed by atoms with Crippen LogP contribution in [0.2, 0.25) is 5.02 Å². The Morgan fingerprint density at radius 2 is 1.90 bits per heavy atom. The van der Waals surface area contributed by atoms with Crippen molar-refractivity contribution in [3.63, 3.8) is 0 Å². The van der Waals surface area contributed by atoms with E-state index in [1.54, 1.807) is 25.1 Å². The fourth-order valence-corrected chi connectivity index (χ4v) is 2.04. The molecule has 1 unspecified atom stereocenters. The van der Waals surface area contributed by atoms with Gasteiger partial charge in [-0.25, -0.2) is 4.39 Å². The summed E-state index contributed by atoms with van der Waals surface area (Å²) in [5.74, 6) is 0.819. The summed E-state index contributed by atoms with van der Waals surface area (Å²) >= 11 is 5.71. The number of hydrogen-bond acceptors (Lipinski definition) is 3. The predicted molar refractivity (Wildman–Crippen MR) is 75.1 cm³/mol. The van der Waals surface area contributed by atoms with Crippen molar-refractivity contribution in [1.29, 1.82) is 0 Å². The maximum atomic E-state index is 13.1. The minimum absolute atomic E-state index is 0.0241. The van der Waals surface area contributed by atoms with E-state index in [0.717, 1.165) is 0 Å². The Hall–Kier alpha value is -1.78. The third kappa shape index (κ3) is 3.03. The molecule has 0 spiro atoms. The molecule has 0 heterocycles. The second kappa shape index (κ2) is 6.11. The Morgan fingerprint density at radius 3 is 2.50 bits per heavy atom. The number of aliphatic hydroxyl groups excluding tert-OH is 1. The molecule has 0 saturated carbocycles. The number of benzene rings is 2. The van der Waals surface area contributed by atoms with E-state index in [1.165, 1.54) is 25.3 Å². The van der Waals surface area contributed by atoms with Gasteiger partial charge in [0.15, 0.2) is 0 Å². The van der Waals surface area contributed by atoms with Gasteiger partial charge >= 0.3 is 0 Å². The van der Waals surface area contributed by atoms with Gasteiger partial charge in [-0.15, -0.1) is 0 Å². The Bertz CT molecular complexity index is 614. The molecular weight excluding hydrogens is 283 g/mol. The van der Waals surface area contributed by atoms with Crippen LogP contribution < -0.4 is 9.47 Å². The number of aliphatic hydroxyl groups is 1. The number of methoxy groups -OCH3 is 1. The van der Waals surface area contributed by atoms with E-state index in [2.05, 4.69) is 0 Å². The number of halogens is 2. The van der Waals surface area contributed by atoms with Gasteiger partial charge in [0.2, 0.25) is 0 Å². The van der Waals surface area contributed by atoms with Crippen LogP contribution in [0, 0.1) is 5.82 Å². The lowest BCUT2D eigenvalue weighted by Gasteiger charge is -2.16. The van der Waals surface area contributed by atoms with Crippen LogP contribution >= 0.6 is 11.6 Å². The largest absolute Gasteiger partial charge is 0.496 e. The topological polar surface area (TPSA) is 38.7 Å². The Labute approximate surface area is 121 Å². The molecule has 2 aromatic rings. The van der Waals surface area contributed by atoms with Gasteiger partial charge in [0.05, 0.1) is 23.8 Å². The summed E-state index contributed by atoms with van der Waals surface area (Å²) in [6.07, 6.45) is -0.767. The van der Waals surface area contributed by atoms with Crippen LogP contribution in [0.1, 0.15) is 18.6 Å². The Kier molecular flexibility index (Phi) is 4.47. The molecule has 0 fully saturated rings. The fraction of sp³-hybridized carbons (Fsp3) is 0.200.